The van der Waals surface area contributed by atoms with Crippen LogP contribution < -0.4 is 0 Å². The van der Waals surface area contributed by atoms with Gasteiger partial charge in [-0.2, -0.15) is 5.10 Å². The van der Waals surface area contributed by atoms with Crippen LogP contribution in [0, 0.1) is 24.4 Å². The fourth-order valence-electron chi connectivity index (χ4n) is 2.65. The number of nitrogens with zero attached hydrogens (tertiary/aromatic N) is 3. The average molecular weight is 347 g/mol. The highest BCUT2D eigenvalue weighted by Crippen LogP contribution is 2.18. The number of hydrogen-bond acceptors (Lipinski definition) is 3. The number of carbonyl (C=O) groups is 1. The van der Waals surface area contributed by atoms with E-state index in [1.165, 1.54) is 5.01 Å². The lowest BCUT2D eigenvalue weighted by molar-refractivity contribution is -0.127. The summed E-state index contributed by atoms with van der Waals surface area (Å²) in [6.07, 6.45) is 0.983. The number of pyridine rings is 1. The van der Waals surface area contributed by atoms with Gasteiger partial charge in [-0.25, -0.2) is 18.2 Å². The fraction of sp³-hybridized carbons (Fsp3) is 0.278. The Labute approximate surface area is 143 Å². The maximum Gasteiger partial charge on any atom is 0.242 e. The molecule has 1 aromatic heterocycles. The van der Waals surface area contributed by atoms with Gasteiger partial charge in [0.25, 0.3) is 0 Å². The standard InChI is InChI=1S/C18H16F3N3O/c1-11-4-2-5-16(22-11)17(23-24-7-3-6-18(24)25)9-12-8-14(20)15(21)10-13(12)19/h2,4-5,8,10H,3,6-7,9H2,1H3. The van der Waals surface area contributed by atoms with Crippen molar-refractivity contribution >= 4 is 11.6 Å². The monoisotopic (exact) mass is 347 g/mol. The number of hydrazone groups is 1. The van der Waals surface area contributed by atoms with E-state index in [0.717, 1.165) is 11.8 Å². The van der Waals surface area contributed by atoms with Gasteiger partial charge in [-0.05, 0) is 37.1 Å². The molecule has 0 radical (unpaired) electrons. The van der Waals surface area contributed by atoms with E-state index in [-0.39, 0.29) is 17.9 Å². The van der Waals surface area contributed by atoms with Crippen LogP contribution in [-0.4, -0.2) is 28.2 Å². The van der Waals surface area contributed by atoms with E-state index in [1.54, 1.807) is 25.1 Å². The van der Waals surface area contributed by atoms with Crippen LogP contribution in [0.15, 0.2) is 35.4 Å². The van der Waals surface area contributed by atoms with Crippen molar-refractivity contribution in [2.24, 2.45) is 5.10 Å². The first-order valence-electron chi connectivity index (χ1n) is 7.89. The average Bonchev–Trinajstić information content (AvgIpc) is 2.97. The minimum absolute atomic E-state index is 0.0485. The van der Waals surface area contributed by atoms with Crippen molar-refractivity contribution in [1.82, 2.24) is 9.99 Å². The van der Waals surface area contributed by atoms with Gasteiger partial charge >= 0.3 is 0 Å². The van der Waals surface area contributed by atoms with E-state index in [4.69, 9.17) is 0 Å². The lowest BCUT2D eigenvalue weighted by Gasteiger charge is -2.14. The zero-order valence-corrected chi connectivity index (χ0v) is 13.6. The van der Waals surface area contributed by atoms with E-state index in [1.807, 2.05) is 0 Å². The van der Waals surface area contributed by atoms with Gasteiger partial charge < -0.3 is 0 Å². The third-order valence-electron chi connectivity index (χ3n) is 3.92. The quantitative estimate of drug-likeness (QED) is 0.629. The van der Waals surface area contributed by atoms with Crippen LogP contribution in [0.3, 0.4) is 0 Å². The molecule has 1 aliphatic rings. The molecule has 0 unspecified atom stereocenters. The SMILES string of the molecule is Cc1cccc(C(Cc2cc(F)c(F)cc2F)=NN2CCCC2=O)n1. The Kier molecular flexibility index (Phi) is 4.83. The molecule has 2 aromatic rings. The molecule has 0 aliphatic carbocycles. The van der Waals surface area contributed by atoms with Gasteiger partial charge in [0.05, 0.1) is 11.4 Å². The second kappa shape index (κ2) is 7.04. The minimum atomic E-state index is -1.25. The number of carbonyl (C=O) groups excluding carboxylic acids is 1. The van der Waals surface area contributed by atoms with Crippen molar-refractivity contribution in [3.63, 3.8) is 0 Å². The minimum Gasteiger partial charge on any atom is -0.273 e. The Morgan fingerprint density at radius 2 is 1.96 bits per heavy atom. The van der Waals surface area contributed by atoms with Crippen molar-refractivity contribution in [2.45, 2.75) is 26.2 Å². The number of aromatic nitrogens is 1. The van der Waals surface area contributed by atoms with E-state index >= 15 is 0 Å². The molecule has 1 aliphatic heterocycles. The van der Waals surface area contributed by atoms with E-state index in [9.17, 15) is 18.0 Å². The number of amides is 1. The predicted molar refractivity (Wildman–Crippen MR) is 86.5 cm³/mol. The summed E-state index contributed by atoms with van der Waals surface area (Å²) in [4.78, 5) is 16.2. The lowest BCUT2D eigenvalue weighted by atomic mass is 10.0. The first-order chi connectivity index (χ1) is 11.9. The summed E-state index contributed by atoms with van der Waals surface area (Å²) < 4.78 is 40.6. The van der Waals surface area contributed by atoms with Crippen molar-refractivity contribution in [3.05, 3.63) is 64.7 Å². The van der Waals surface area contributed by atoms with Crippen LogP contribution in [0.4, 0.5) is 13.2 Å². The lowest BCUT2D eigenvalue weighted by Crippen LogP contribution is -2.22. The molecular formula is C18H16F3N3O. The van der Waals surface area contributed by atoms with Crippen molar-refractivity contribution in [2.75, 3.05) is 6.54 Å². The number of hydrogen-bond donors (Lipinski definition) is 0. The Balaban J connectivity index is 2.01. The zero-order valence-electron chi connectivity index (χ0n) is 13.6. The highest BCUT2D eigenvalue weighted by molar-refractivity contribution is 6.01. The van der Waals surface area contributed by atoms with Crippen LogP contribution in [0.1, 0.15) is 29.8 Å². The molecule has 7 heteroatoms. The highest BCUT2D eigenvalue weighted by Gasteiger charge is 2.22. The molecule has 1 fully saturated rings. The van der Waals surface area contributed by atoms with E-state index < -0.39 is 17.5 Å². The largest absolute Gasteiger partial charge is 0.273 e. The van der Waals surface area contributed by atoms with Crippen LogP contribution in [0.2, 0.25) is 0 Å². The molecule has 4 nitrogen and oxygen atoms in total. The molecule has 0 saturated carbocycles. The Morgan fingerprint density at radius 3 is 2.64 bits per heavy atom. The molecule has 25 heavy (non-hydrogen) atoms. The highest BCUT2D eigenvalue weighted by atomic mass is 19.2. The Morgan fingerprint density at radius 1 is 1.20 bits per heavy atom. The Bertz CT molecular complexity index is 851. The molecular weight excluding hydrogens is 331 g/mol. The molecule has 1 aromatic carbocycles. The number of halogens is 3. The van der Waals surface area contributed by atoms with Crippen LogP contribution in [-0.2, 0) is 11.2 Å². The van der Waals surface area contributed by atoms with Crippen LogP contribution in [0.25, 0.3) is 0 Å². The molecule has 1 saturated heterocycles. The molecule has 130 valence electrons. The van der Waals surface area contributed by atoms with Crippen molar-refractivity contribution in [1.29, 1.82) is 0 Å². The summed E-state index contributed by atoms with van der Waals surface area (Å²) in [7, 11) is 0. The number of benzene rings is 1. The smallest absolute Gasteiger partial charge is 0.242 e. The summed E-state index contributed by atoms with van der Waals surface area (Å²) in [5.74, 6) is -3.38. The van der Waals surface area contributed by atoms with Gasteiger partial charge in [-0.3, -0.25) is 9.78 Å². The van der Waals surface area contributed by atoms with E-state index in [2.05, 4.69) is 10.1 Å². The Hall–Kier alpha value is -2.70. The normalized spacial score (nSPS) is 15.1. The summed E-state index contributed by atoms with van der Waals surface area (Å²) in [6.45, 7) is 2.26. The summed E-state index contributed by atoms with van der Waals surface area (Å²) in [5.41, 5.74) is 1.46. The maximum atomic E-state index is 14.0. The van der Waals surface area contributed by atoms with Crippen LogP contribution in [0.5, 0.6) is 0 Å². The second-order valence-corrected chi connectivity index (χ2v) is 5.87. The van der Waals surface area contributed by atoms with Crippen molar-refractivity contribution in [3.8, 4) is 0 Å². The molecule has 3 rings (SSSR count). The molecule has 0 N–H and O–H groups in total. The zero-order chi connectivity index (χ0) is 18.0. The molecule has 1 amide bonds. The van der Waals surface area contributed by atoms with Gasteiger partial charge in [0, 0.05) is 31.1 Å². The second-order valence-electron chi connectivity index (χ2n) is 5.87. The van der Waals surface area contributed by atoms with Gasteiger partial charge in [-0.15, -0.1) is 0 Å². The van der Waals surface area contributed by atoms with Gasteiger partial charge in [0.2, 0.25) is 5.91 Å². The number of aryl methyl sites for hydroxylation is 1. The van der Waals surface area contributed by atoms with Crippen molar-refractivity contribution < 1.29 is 18.0 Å². The van der Waals surface area contributed by atoms with E-state index in [0.29, 0.717) is 36.9 Å². The molecule has 0 spiro atoms. The fourth-order valence-corrected chi connectivity index (χ4v) is 2.65. The number of rotatable bonds is 4. The van der Waals surface area contributed by atoms with Gasteiger partial charge in [-0.1, -0.05) is 6.07 Å². The third-order valence-corrected chi connectivity index (χ3v) is 3.92. The predicted octanol–water partition coefficient (Wildman–Crippen LogP) is 3.38. The first kappa shape index (κ1) is 17.1. The third kappa shape index (κ3) is 3.87. The summed E-state index contributed by atoms with van der Waals surface area (Å²) >= 11 is 0. The maximum absolute atomic E-state index is 14.0. The van der Waals surface area contributed by atoms with Crippen LogP contribution >= 0.6 is 0 Å². The molecule has 0 bridgehead atoms. The molecule has 0 atom stereocenters. The van der Waals surface area contributed by atoms with Gasteiger partial charge in [0.1, 0.15) is 5.82 Å². The summed E-state index contributed by atoms with van der Waals surface area (Å²) in [6, 6.07) is 6.56. The van der Waals surface area contributed by atoms with Gasteiger partial charge in [0.15, 0.2) is 11.6 Å². The first-order valence-corrected chi connectivity index (χ1v) is 7.89. The topological polar surface area (TPSA) is 45.6 Å². The molecule has 2 heterocycles. The summed E-state index contributed by atoms with van der Waals surface area (Å²) in [5, 5.41) is 5.63.